The molecule has 132 valence electrons. The number of nitrogens with one attached hydrogen (secondary N) is 1. The van der Waals surface area contributed by atoms with E-state index in [1.54, 1.807) is 47.0 Å². The molecule has 0 saturated carbocycles. The number of rotatable bonds is 3. The first-order valence-electron chi connectivity index (χ1n) is 8.12. The van der Waals surface area contributed by atoms with Crippen molar-refractivity contribution in [1.82, 2.24) is 4.90 Å². The zero-order valence-electron chi connectivity index (χ0n) is 14.0. The number of carbonyl (C=O) groups is 3. The molecule has 2 amide bonds. The van der Waals surface area contributed by atoms with Crippen molar-refractivity contribution in [3.05, 3.63) is 65.2 Å². The van der Waals surface area contributed by atoms with Crippen LogP contribution in [0.2, 0.25) is 0 Å². The highest BCUT2D eigenvalue weighted by molar-refractivity contribution is 7.99. The SMILES string of the molecule is COC(=O)c1ccc(NC(=O)[C@@H]2CS[C@@H]3c4ccccc4C(=O)N32)cc1. The Morgan fingerprint density at radius 3 is 2.62 bits per heavy atom. The van der Waals surface area contributed by atoms with Gasteiger partial charge in [-0.25, -0.2) is 4.79 Å². The molecule has 6 nitrogen and oxygen atoms in total. The van der Waals surface area contributed by atoms with Crippen LogP contribution in [0.4, 0.5) is 5.69 Å². The van der Waals surface area contributed by atoms with Crippen molar-refractivity contribution in [2.75, 3.05) is 18.2 Å². The Morgan fingerprint density at radius 2 is 1.88 bits per heavy atom. The predicted octanol–water partition coefficient (Wildman–Crippen LogP) is 2.68. The van der Waals surface area contributed by atoms with E-state index >= 15 is 0 Å². The van der Waals surface area contributed by atoms with Crippen LogP contribution < -0.4 is 5.32 Å². The normalized spacial score (nSPS) is 20.5. The molecular formula is C19H16N2O4S. The Morgan fingerprint density at radius 1 is 1.15 bits per heavy atom. The summed E-state index contributed by atoms with van der Waals surface area (Å²) in [5.41, 5.74) is 2.62. The first-order chi connectivity index (χ1) is 12.6. The molecule has 0 aliphatic carbocycles. The van der Waals surface area contributed by atoms with Gasteiger partial charge in [-0.1, -0.05) is 18.2 Å². The van der Waals surface area contributed by atoms with Crippen molar-refractivity contribution in [2.24, 2.45) is 0 Å². The number of ether oxygens (including phenoxy) is 1. The second kappa shape index (κ2) is 6.49. The maximum Gasteiger partial charge on any atom is 0.337 e. The first-order valence-corrected chi connectivity index (χ1v) is 9.17. The van der Waals surface area contributed by atoms with Gasteiger partial charge < -0.3 is 15.0 Å². The summed E-state index contributed by atoms with van der Waals surface area (Å²) in [6.07, 6.45) is 0. The molecule has 2 atom stereocenters. The molecular weight excluding hydrogens is 352 g/mol. The summed E-state index contributed by atoms with van der Waals surface area (Å²) in [7, 11) is 1.32. The van der Waals surface area contributed by atoms with Crippen molar-refractivity contribution in [1.29, 1.82) is 0 Å². The molecule has 26 heavy (non-hydrogen) atoms. The number of carbonyl (C=O) groups excluding carboxylic acids is 3. The molecule has 1 fully saturated rings. The average Bonchev–Trinajstić information content (AvgIpc) is 3.22. The lowest BCUT2D eigenvalue weighted by Crippen LogP contribution is -2.42. The molecule has 0 spiro atoms. The van der Waals surface area contributed by atoms with Gasteiger partial charge in [0.25, 0.3) is 5.91 Å². The molecule has 2 aromatic carbocycles. The minimum Gasteiger partial charge on any atom is -0.465 e. The van der Waals surface area contributed by atoms with Gasteiger partial charge in [0.15, 0.2) is 0 Å². The van der Waals surface area contributed by atoms with E-state index in [0.717, 1.165) is 5.56 Å². The molecule has 2 aliphatic heterocycles. The average molecular weight is 368 g/mol. The Balaban J connectivity index is 1.50. The third-order valence-electron chi connectivity index (χ3n) is 4.57. The molecule has 4 rings (SSSR count). The molecule has 1 N–H and O–H groups in total. The number of thioether (sulfide) groups is 1. The summed E-state index contributed by atoms with van der Waals surface area (Å²) >= 11 is 1.60. The summed E-state index contributed by atoms with van der Waals surface area (Å²) < 4.78 is 4.66. The summed E-state index contributed by atoms with van der Waals surface area (Å²) in [6.45, 7) is 0. The van der Waals surface area contributed by atoms with Crippen molar-refractivity contribution >= 4 is 35.2 Å². The Kier molecular flexibility index (Phi) is 4.16. The third-order valence-corrected chi connectivity index (χ3v) is 5.87. The molecule has 0 unspecified atom stereocenters. The summed E-state index contributed by atoms with van der Waals surface area (Å²) in [5.74, 6) is -0.210. The standard InChI is InChI=1S/C19H16N2O4S/c1-25-19(24)11-6-8-12(9-7-11)20-16(22)15-10-26-18-14-5-3-2-4-13(14)17(23)21(15)18/h2-9,15,18H,10H2,1H3,(H,20,22)/t15-,18+/m0/s1. The second-order valence-corrected chi connectivity index (χ2v) is 7.17. The fourth-order valence-corrected chi connectivity index (χ4v) is 4.74. The number of amides is 2. The number of methoxy groups -OCH3 is 1. The molecule has 0 bridgehead atoms. The van der Waals surface area contributed by atoms with E-state index in [1.807, 2.05) is 18.2 Å². The third kappa shape index (κ3) is 2.64. The Bertz CT molecular complexity index is 897. The van der Waals surface area contributed by atoms with Gasteiger partial charge in [0.1, 0.15) is 11.4 Å². The van der Waals surface area contributed by atoms with Gasteiger partial charge in [-0.2, -0.15) is 0 Å². The lowest BCUT2D eigenvalue weighted by Gasteiger charge is -2.22. The molecule has 2 aromatic rings. The lowest BCUT2D eigenvalue weighted by molar-refractivity contribution is -0.119. The van der Waals surface area contributed by atoms with Crippen LogP contribution in [0.3, 0.4) is 0 Å². The quantitative estimate of drug-likeness (QED) is 0.843. The van der Waals surface area contributed by atoms with Gasteiger partial charge in [0.2, 0.25) is 5.91 Å². The van der Waals surface area contributed by atoms with Crippen LogP contribution >= 0.6 is 11.8 Å². The van der Waals surface area contributed by atoms with Gasteiger partial charge in [-0.3, -0.25) is 9.59 Å². The fraction of sp³-hybridized carbons (Fsp3) is 0.211. The molecule has 2 heterocycles. The smallest absolute Gasteiger partial charge is 0.337 e. The zero-order valence-corrected chi connectivity index (χ0v) is 14.8. The predicted molar refractivity (Wildman–Crippen MR) is 98.0 cm³/mol. The van der Waals surface area contributed by atoms with E-state index in [1.165, 1.54) is 7.11 Å². The van der Waals surface area contributed by atoms with Crippen LogP contribution in [0.5, 0.6) is 0 Å². The van der Waals surface area contributed by atoms with Crippen molar-refractivity contribution < 1.29 is 19.1 Å². The maximum atomic E-state index is 12.7. The Hall–Kier alpha value is -2.80. The first kappa shape index (κ1) is 16.7. The monoisotopic (exact) mass is 368 g/mol. The van der Waals surface area contributed by atoms with Crippen LogP contribution in [0.1, 0.15) is 31.7 Å². The summed E-state index contributed by atoms with van der Waals surface area (Å²) in [5, 5.41) is 2.73. The second-order valence-electron chi connectivity index (χ2n) is 6.06. The molecule has 2 aliphatic rings. The summed E-state index contributed by atoms with van der Waals surface area (Å²) in [6, 6.07) is 13.4. The van der Waals surface area contributed by atoms with Gasteiger partial charge in [0, 0.05) is 17.0 Å². The van der Waals surface area contributed by atoms with E-state index in [4.69, 9.17) is 0 Å². The number of fused-ring (bicyclic) bond motifs is 3. The van der Waals surface area contributed by atoms with Gasteiger partial charge in [0.05, 0.1) is 12.7 Å². The number of benzene rings is 2. The largest absolute Gasteiger partial charge is 0.465 e. The van der Waals surface area contributed by atoms with E-state index in [2.05, 4.69) is 10.1 Å². The van der Waals surface area contributed by atoms with E-state index < -0.39 is 12.0 Å². The van der Waals surface area contributed by atoms with Crippen LogP contribution in [-0.4, -0.2) is 41.6 Å². The molecule has 1 saturated heterocycles. The van der Waals surface area contributed by atoms with Crippen LogP contribution in [0, 0.1) is 0 Å². The lowest BCUT2D eigenvalue weighted by atomic mass is 10.1. The number of hydrogen-bond donors (Lipinski definition) is 1. The van der Waals surface area contributed by atoms with Gasteiger partial charge in [-0.05, 0) is 35.9 Å². The number of nitrogens with zero attached hydrogens (tertiary/aromatic N) is 1. The highest BCUT2D eigenvalue weighted by Crippen LogP contribution is 2.48. The molecule has 7 heteroatoms. The van der Waals surface area contributed by atoms with Gasteiger partial charge >= 0.3 is 5.97 Å². The number of esters is 1. The fourth-order valence-electron chi connectivity index (χ4n) is 3.28. The van der Waals surface area contributed by atoms with Crippen molar-refractivity contribution in [3.63, 3.8) is 0 Å². The zero-order chi connectivity index (χ0) is 18.3. The minimum atomic E-state index is -0.523. The molecule has 0 aromatic heterocycles. The Labute approximate surface area is 154 Å². The van der Waals surface area contributed by atoms with Crippen molar-refractivity contribution in [3.8, 4) is 0 Å². The van der Waals surface area contributed by atoms with E-state index in [0.29, 0.717) is 22.6 Å². The summed E-state index contributed by atoms with van der Waals surface area (Å²) in [4.78, 5) is 38.5. The number of anilines is 1. The highest BCUT2D eigenvalue weighted by atomic mass is 32.2. The number of hydrogen-bond acceptors (Lipinski definition) is 5. The highest BCUT2D eigenvalue weighted by Gasteiger charge is 2.48. The van der Waals surface area contributed by atoms with Crippen LogP contribution in [0.15, 0.2) is 48.5 Å². The van der Waals surface area contributed by atoms with E-state index in [-0.39, 0.29) is 17.2 Å². The van der Waals surface area contributed by atoms with Crippen molar-refractivity contribution in [2.45, 2.75) is 11.4 Å². The minimum absolute atomic E-state index is 0.100. The maximum absolute atomic E-state index is 12.7. The molecule has 0 radical (unpaired) electrons. The van der Waals surface area contributed by atoms with Gasteiger partial charge in [-0.15, -0.1) is 11.8 Å². The van der Waals surface area contributed by atoms with Crippen LogP contribution in [-0.2, 0) is 9.53 Å². The van der Waals surface area contributed by atoms with E-state index in [9.17, 15) is 14.4 Å². The van der Waals surface area contributed by atoms with Crippen LogP contribution in [0.25, 0.3) is 0 Å². The topological polar surface area (TPSA) is 75.7 Å².